The molecule has 15 heavy (non-hydrogen) atoms. The SMILES string of the molecule is Fc1c(CBr)cccc1-c1ccccc1. The molecule has 0 atom stereocenters. The second kappa shape index (κ2) is 4.58. The van der Waals surface area contributed by atoms with Gasteiger partial charge >= 0.3 is 0 Å². The molecular weight excluding hydrogens is 255 g/mol. The van der Waals surface area contributed by atoms with E-state index in [1.165, 1.54) is 0 Å². The van der Waals surface area contributed by atoms with Gasteiger partial charge in [-0.3, -0.25) is 0 Å². The fourth-order valence-electron chi connectivity index (χ4n) is 1.52. The van der Waals surface area contributed by atoms with Crippen LogP contribution in [0.2, 0.25) is 0 Å². The van der Waals surface area contributed by atoms with E-state index in [2.05, 4.69) is 15.9 Å². The van der Waals surface area contributed by atoms with Gasteiger partial charge in [-0.15, -0.1) is 0 Å². The molecule has 0 saturated carbocycles. The van der Waals surface area contributed by atoms with Crippen molar-refractivity contribution < 1.29 is 4.39 Å². The van der Waals surface area contributed by atoms with Gasteiger partial charge in [0.15, 0.2) is 0 Å². The summed E-state index contributed by atoms with van der Waals surface area (Å²) in [5.74, 6) is -0.138. The lowest BCUT2D eigenvalue weighted by Gasteiger charge is -2.06. The smallest absolute Gasteiger partial charge is 0.135 e. The summed E-state index contributed by atoms with van der Waals surface area (Å²) in [6, 6.07) is 15.0. The summed E-state index contributed by atoms with van der Waals surface area (Å²) in [5, 5.41) is 0.541. The Morgan fingerprint density at radius 2 is 1.67 bits per heavy atom. The van der Waals surface area contributed by atoms with E-state index in [0.717, 1.165) is 5.56 Å². The minimum atomic E-state index is -0.138. The molecule has 0 spiro atoms. The summed E-state index contributed by atoms with van der Waals surface area (Å²) in [6.07, 6.45) is 0. The fourth-order valence-corrected chi connectivity index (χ4v) is 1.96. The highest BCUT2D eigenvalue weighted by Crippen LogP contribution is 2.25. The molecule has 2 rings (SSSR count). The van der Waals surface area contributed by atoms with Crippen LogP contribution in [-0.4, -0.2) is 0 Å². The molecule has 0 amide bonds. The summed E-state index contributed by atoms with van der Waals surface area (Å²) in [5.41, 5.74) is 2.27. The van der Waals surface area contributed by atoms with E-state index in [1.807, 2.05) is 36.4 Å². The number of hydrogen-bond donors (Lipinski definition) is 0. The average Bonchev–Trinajstić information content (AvgIpc) is 2.30. The van der Waals surface area contributed by atoms with Crippen molar-refractivity contribution in [1.29, 1.82) is 0 Å². The molecule has 0 fully saturated rings. The first-order valence-corrected chi connectivity index (χ1v) is 5.84. The van der Waals surface area contributed by atoms with Crippen molar-refractivity contribution in [3.8, 4) is 11.1 Å². The van der Waals surface area contributed by atoms with Gasteiger partial charge in [-0.25, -0.2) is 4.39 Å². The predicted molar refractivity (Wildman–Crippen MR) is 64.5 cm³/mol. The Balaban J connectivity index is 2.54. The van der Waals surface area contributed by atoms with E-state index in [-0.39, 0.29) is 5.82 Å². The number of rotatable bonds is 2. The number of alkyl halides is 1. The van der Waals surface area contributed by atoms with Crippen molar-refractivity contribution in [3.63, 3.8) is 0 Å². The van der Waals surface area contributed by atoms with Crippen LogP contribution in [0.1, 0.15) is 5.56 Å². The van der Waals surface area contributed by atoms with Crippen LogP contribution >= 0.6 is 15.9 Å². The molecule has 0 N–H and O–H groups in total. The number of halogens is 2. The zero-order valence-electron chi connectivity index (χ0n) is 8.08. The van der Waals surface area contributed by atoms with Gasteiger partial charge in [0.25, 0.3) is 0 Å². The van der Waals surface area contributed by atoms with E-state index >= 15 is 0 Å². The summed E-state index contributed by atoms with van der Waals surface area (Å²) < 4.78 is 13.9. The Kier molecular flexibility index (Phi) is 3.17. The van der Waals surface area contributed by atoms with Crippen LogP contribution in [0.15, 0.2) is 48.5 Å². The topological polar surface area (TPSA) is 0 Å². The van der Waals surface area contributed by atoms with Gasteiger partial charge in [-0.2, -0.15) is 0 Å². The van der Waals surface area contributed by atoms with E-state index < -0.39 is 0 Å². The molecule has 0 radical (unpaired) electrons. The van der Waals surface area contributed by atoms with Gasteiger partial charge in [-0.05, 0) is 11.1 Å². The summed E-state index contributed by atoms with van der Waals surface area (Å²) >= 11 is 3.28. The highest BCUT2D eigenvalue weighted by Gasteiger charge is 2.07. The van der Waals surface area contributed by atoms with Gasteiger partial charge in [0.2, 0.25) is 0 Å². The van der Waals surface area contributed by atoms with E-state index in [0.29, 0.717) is 16.5 Å². The maximum atomic E-state index is 13.9. The van der Waals surface area contributed by atoms with Crippen molar-refractivity contribution in [3.05, 3.63) is 59.9 Å². The van der Waals surface area contributed by atoms with E-state index in [9.17, 15) is 4.39 Å². The number of hydrogen-bond acceptors (Lipinski definition) is 0. The van der Waals surface area contributed by atoms with Crippen LogP contribution in [0.25, 0.3) is 11.1 Å². The minimum absolute atomic E-state index is 0.138. The molecule has 0 heterocycles. The molecule has 0 aromatic heterocycles. The first-order chi connectivity index (χ1) is 7.33. The molecule has 0 aliphatic rings. The summed E-state index contributed by atoms with van der Waals surface area (Å²) in [6.45, 7) is 0. The van der Waals surface area contributed by atoms with E-state index in [4.69, 9.17) is 0 Å². The van der Waals surface area contributed by atoms with Crippen LogP contribution in [0.5, 0.6) is 0 Å². The summed E-state index contributed by atoms with van der Waals surface area (Å²) in [7, 11) is 0. The molecule has 2 aromatic rings. The standard InChI is InChI=1S/C13H10BrF/c14-9-11-7-4-8-12(13(11)15)10-5-2-1-3-6-10/h1-8H,9H2. The third-order valence-electron chi connectivity index (χ3n) is 2.31. The Morgan fingerprint density at radius 1 is 0.933 bits per heavy atom. The normalized spacial score (nSPS) is 10.3. The zero-order valence-corrected chi connectivity index (χ0v) is 9.67. The second-order valence-electron chi connectivity index (χ2n) is 3.28. The van der Waals surface area contributed by atoms with Crippen LogP contribution in [-0.2, 0) is 5.33 Å². The van der Waals surface area contributed by atoms with Gasteiger partial charge in [0.1, 0.15) is 5.82 Å². The molecule has 0 nitrogen and oxygen atoms in total. The zero-order chi connectivity index (χ0) is 10.7. The maximum absolute atomic E-state index is 13.9. The van der Waals surface area contributed by atoms with Crippen LogP contribution < -0.4 is 0 Å². The van der Waals surface area contributed by atoms with Crippen molar-refractivity contribution in [2.75, 3.05) is 0 Å². The third kappa shape index (κ3) is 2.10. The predicted octanol–water partition coefficient (Wildman–Crippen LogP) is 4.39. The van der Waals surface area contributed by atoms with Crippen LogP contribution in [0, 0.1) is 5.82 Å². The molecule has 0 unspecified atom stereocenters. The fraction of sp³-hybridized carbons (Fsp3) is 0.0769. The lowest BCUT2D eigenvalue weighted by molar-refractivity contribution is 0.621. The Labute approximate surface area is 96.9 Å². The Bertz CT molecular complexity index is 451. The van der Waals surface area contributed by atoms with Gasteiger partial charge in [0.05, 0.1) is 0 Å². The second-order valence-corrected chi connectivity index (χ2v) is 3.84. The maximum Gasteiger partial charge on any atom is 0.135 e. The molecule has 0 saturated heterocycles. The van der Waals surface area contributed by atoms with Crippen molar-refractivity contribution in [2.45, 2.75) is 5.33 Å². The third-order valence-corrected chi connectivity index (χ3v) is 2.91. The molecule has 76 valence electrons. The number of benzene rings is 2. The van der Waals surface area contributed by atoms with Gasteiger partial charge in [0, 0.05) is 10.9 Å². The average molecular weight is 265 g/mol. The molecule has 2 aromatic carbocycles. The highest BCUT2D eigenvalue weighted by atomic mass is 79.9. The quantitative estimate of drug-likeness (QED) is 0.706. The highest BCUT2D eigenvalue weighted by molar-refractivity contribution is 9.08. The first kappa shape index (κ1) is 10.4. The molecule has 0 bridgehead atoms. The van der Waals surface area contributed by atoms with Gasteiger partial charge in [-0.1, -0.05) is 64.5 Å². The Hall–Kier alpha value is -1.15. The van der Waals surface area contributed by atoms with Crippen LogP contribution in [0.3, 0.4) is 0 Å². The minimum Gasteiger partial charge on any atom is -0.206 e. The summed E-state index contributed by atoms with van der Waals surface area (Å²) in [4.78, 5) is 0. The van der Waals surface area contributed by atoms with Gasteiger partial charge < -0.3 is 0 Å². The molecule has 2 heteroatoms. The first-order valence-electron chi connectivity index (χ1n) is 4.71. The van der Waals surface area contributed by atoms with Crippen molar-refractivity contribution >= 4 is 15.9 Å². The van der Waals surface area contributed by atoms with Crippen molar-refractivity contribution in [2.24, 2.45) is 0 Å². The monoisotopic (exact) mass is 264 g/mol. The molecule has 0 aliphatic carbocycles. The molecule has 0 aliphatic heterocycles. The van der Waals surface area contributed by atoms with Crippen molar-refractivity contribution in [1.82, 2.24) is 0 Å². The molecular formula is C13H10BrF. The Morgan fingerprint density at radius 3 is 2.33 bits per heavy atom. The van der Waals surface area contributed by atoms with Crippen LogP contribution in [0.4, 0.5) is 4.39 Å². The lowest BCUT2D eigenvalue weighted by atomic mass is 10.0. The van der Waals surface area contributed by atoms with E-state index in [1.54, 1.807) is 12.1 Å². The largest absolute Gasteiger partial charge is 0.206 e. The lowest BCUT2D eigenvalue weighted by Crippen LogP contribution is -1.90.